The first-order valence-electron chi connectivity index (χ1n) is 5.35. The molecule has 0 fully saturated rings. The zero-order valence-electron chi connectivity index (χ0n) is 9.99. The first kappa shape index (κ1) is 12.5. The average Bonchev–Trinajstić information content (AvgIpc) is 2.41. The summed E-state index contributed by atoms with van der Waals surface area (Å²) >= 11 is 0. The van der Waals surface area contributed by atoms with E-state index in [1.165, 1.54) is 24.4 Å². The highest BCUT2D eigenvalue weighted by atomic mass is 16.5. The van der Waals surface area contributed by atoms with Gasteiger partial charge < -0.3 is 9.84 Å². The minimum Gasteiger partial charge on any atom is -0.478 e. The maximum atomic E-state index is 10.9. The number of nitrogens with zero attached hydrogens (tertiary/aromatic N) is 3. The molecule has 1 heterocycles. The molecule has 0 saturated heterocycles. The summed E-state index contributed by atoms with van der Waals surface area (Å²) in [6, 6.07) is 7.83. The molecule has 0 aliphatic heterocycles. The molecule has 0 saturated carbocycles. The largest absolute Gasteiger partial charge is 0.478 e. The Hall–Kier alpha value is -2.94. The number of hydrogen-bond donors (Lipinski definition) is 1. The first-order valence-corrected chi connectivity index (χ1v) is 5.35. The number of hydrogen-bond acceptors (Lipinski definition) is 5. The van der Waals surface area contributed by atoms with Crippen molar-refractivity contribution in [3.8, 4) is 17.8 Å². The summed E-state index contributed by atoms with van der Waals surface area (Å²) in [5, 5.41) is 17.6. The van der Waals surface area contributed by atoms with Gasteiger partial charge in [0.2, 0.25) is 0 Å². The second-order valence-electron chi connectivity index (χ2n) is 3.72. The zero-order chi connectivity index (χ0) is 13.8. The van der Waals surface area contributed by atoms with Crippen molar-refractivity contribution < 1.29 is 14.6 Å². The second kappa shape index (κ2) is 5.14. The number of nitriles is 1. The lowest BCUT2D eigenvalue weighted by Gasteiger charge is -2.07. The number of aryl methyl sites for hydroxylation is 1. The molecule has 1 aromatic carbocycles. The highest BCUT2D eigenvalue weighted by molar-refractivity contribution is 5.88. The third-order valence-electron chi connectivity index (χ3n) is 2.38. The molecule has 1 N–H and O–H groups in total. The van der Waals surface area contributed by atoms with Gasteiger partial charge >= 0.3 is 12.0 Å². The van der Waals surface area contributed by atoms with Gasteiger partial charge in [-0.1, -0.05) is 6.07 Å². The fraction of sp³-hybridized carbons (Fsp3) is 0.0769. The van der Waals surface area contributed by atoms with Gasteiger partial charge in [0.25, 0.3) is 0 Å². The van der Waals surface area contributed by atoms with Crippen LogP contribution in [0.3, 0.4) is 0 Å². The van der Waals surface area contributed by atoms with Crippen LogP contribution in [0.4, 0.5) is 0 Å². The molecule has 1 aromatic heterocycles. The second-order valence-corrected chi connectivity index (χ2v) is 3.72. The molecule has 0 atom stereocenters. The Morgan fingerprint density at radius 2 is 2.21 bits per heavy atom. The molecule has 0 spiro atoms. The lowest BCUT2D eigenvalue weighted by molar-refractivity contribution is 0.0696. The lowest BCUT2D eigenvalue weighted by atomic mass is 10.1. The molecule has 19 heavy (non-hydrogen) atoms. The first-order chi connectivity index (χ1) is 9.10. The molecule has 0 aliphatic rings. The topological polar surface area (TPSA) is 96.1 Å². The van der Waals surface area contributed by atoms with Crippen molar-refractivity contribution >= 4 is 5.97 Å². The molecule has 0 radical (unpaired) electrons. The Balaban J connectivity index is 2.34. The van der Waals surface area contributed by atoms with Gasteiger partial charge in [-0.25, -0.2) is 9.78 Å². The molecule has 0 unspecified atom stereocenters. The Morgan fingerprint density at radius 1 is 1.42 bits per heavy atom. The Morgan fingerprint density at radius 3 is 2.89 bits per heavy atom. The summed E-state index contributed by atoms with van der Waals surface area (Å²) < 4.78 is 5.41. The highest BCUT2D eigenvalue weighted by Crippen LogP contribution is 2.23. The van der Waals surface area contributed by atoms with E-state index in [0.717, 1.165) is 5.56 Å². The summed E-state index contributed by atoms with van der Waals surface area (Å²) in [5.41, 5.74) is 1.03. The molecule has 0 aliphatic carbocycles. The highest BCUT2D eigenvalue weighted by Gasteiger charge is 2.09. The fourth-order valence-corrected chi connectivity index (χ4v) is 1.39. The van der Waals surface area contributed by atoms with Crippen molar-refractivity contribution in [3.63, 3.8) is 0 Å². The van der Waals surface area contributed by atoms with Crippen LogP contribution in [0, 0.1) is 18.3 Å². The summed E-state index contributed by atoms with van der Waals surface area (Å²) in [7, 11) is 0. The Kier molecular flexibility index (Phi) is 3.39. The fourth-order valence-electron chi connectivity index (χ4n) is 1.39. The van der Waals surface area contributed by atoms with Crippen molar-refractivity contribution in [1.29, 1.82) is 5.26 Å². The van der Waals surface area contributed by atoms with Crippen LogP contribution in [0.1, 0.15) is 21.6 Å². The average molecular weight is 255 g/mol. The summed E-state index contributed by atoms with van der Waals surface area (Å²) in [6.07, 6.45) is 1.40. The predicted molar refractivity (Wildman–Crippen MR) is 65.0 cm³/mol. The van der Waals surface area contributed by atoms with E-state index >= 15 is 0 Å². The molecular formula is C13H9N3O3. The van der Waals surface area contributed by atoms with Gasteiger partial charge in [0.1, 0.15) is 17.5 Å². The van der Waals surface area contributed by atoms with Crippen LogP contribution < -0.4 is 4.74 Å². The van der Waals surface area contributed by atoms with Crippen LogP contribution >= 0.6 is 0 Å². The number of rotatable bonds is 3. The minimum atomic E-state index is -1.04. The molecule has 6 nitrogen and oxygen atoms in total. The standard InChI is InChI=1S/C13H9N3O3/c1-8-2-3-9(12(17)18)6-11(8)19-13-15-5-4-10(7-14)16-13/h2-6H,1H3,(H,17,18). The number of carbonyl (C=O) groups is 1. The summed E-state index contributed by atoms with van der Waals surface area (Å²) in [5.74, 6) is -0.702. The molecule has 94 valence electrons. The van der Waals surface area contributed by atoms with Gasteiger partial charge in [-0.2, -0.15) is 10.2 Å². The number of ether oxygens (including phenoxy) is 1. The van der Waals surface area contributed by atoms with Crippen molar-refractivity contribution in [2.75, 3.05) is 0 Å². The maximum absolute atomic E-state index is 10.9. The van der Waals surface area contributed by atoms with Crippen molar-refractivity contribution in [2.45, 2.75) is 6.92 Å². The molecule has 0 bridgehead atoms. The number of aromatic nitrogens is 2. The molecular weight excluding hydrogens is 246 g/mol. The number of carboxylic acids is 1. The third-order valence-corrected chi connectivity index (χ3v) is 2.38. The number of benzene rings is 1. The van der Waals surface area contributed by atoms with E-state index < -0.39 is 5.97 Å². The number of aromatic carboxylic acids is 1. The third kappa shape index (κ3) is 2.84. The van der Waals surface area contributed by atoms with Crippen LogP contribution in [-0.2, 0) is 0 Å². The monoisotopic (exact) mass is 255 g/mol. The van der Waals surface area contributed by atoms with Crippen LogP contribution in [-0.4, -0.2) is 21.0 Å². The van der Waals surface area contributed by atoms with Crippen molar-refractivity contribution in [3.05, 3.63) is 47.3 Å². The molecule has 0 amide bonds. The SMILES string of the molecule is Cc1ccc(C(=O)O)cc1Oc1nccc(C#N)n1. The van der Waals surface area contributed by atoms with Gasteiger partial charge in [-0.05, 0) is 30.7 Å². The molecule has 2 rings (SSSR count). The summed E-state index contributed by atoms with van der Waals surface area (Å²) in [4.78, 5) is 18.6. The zero-order valence-corrected chi connectivity index (χ0v) is 9.99. The Labute approximate surface area is 108 Å². The van der Waals surface area contributed by atoms with E-state index in [-0.39, 0.29) is 17.3 Å². The van der Waals surface area contributed by atoms with Crippen molar-refractivity contribution in [1.82, 2.24) is 9.97 Å². The minimum absolute atomic E-state index is 0.00434. The van der Waals surface area contributed by atoms with E-state index in [1.54, 1.807) is 13.0 Å². The smallest absolute Gasteiger partial charge is 0.335 e. The van der Waals surface area contributed by atoms with Gasteiger partial charge in [-0.3, -0.25) is 0 Å². The van der Waals surface area contributed by atoms with E-state index in [9.17, 15) is 4.79 Å². The van der Waals surface area contributed by atoms with Gasteiger partial charge in [0.05, 0.1) is 5.56 Å². The van der Waals surface area contributed by atoms with Gasteiger partial charge in [0, 0.05) is 6.20 Å². The van der Waals surface area contributed by atoms with Crippen LogP contribution in [0.5, 0.6) is 11.8 Å². The van der Waals surface area contributed by atoms with Crippen molar-refractivity contribution in [2.24, 2.45) is 0 Å². The van der Waals surface area contributed by atoms with E-state index in [4.69, 9.17) is 15.1 Å². The quantitative estimate of drug-likeness (QED) is 0.902. The van der Waals surface area contributed by atoms with Gasteiger partial charge in [-0.15, -0.1) is 0 Å². The van der Waals surface area contributed by atoms with Crippen LogP contribution in [0.25, 0.3) is 0 Å². The summed E-state index contributed by atoms with van der Waals surface area (Å²) in [6.45, 7) is 1.77. The normalized spacial score (nSPS) is 9.68. The van der Waals surface area contributed by atoms with E-state index in [1.807, 2.05) is 6.07 Å². The van der Waals surface area contributed by atoms with Gasteiger partial charge in [0.15, 0.2) is 0 Å². The number of carboxylic acid groups (broad SMARTS) is 1. The van der Waals surface area contributed by atoms with Crippen LogP contribution in [0.15, 0.2) is 30.5 Å². The molecule has 6 heteroatoms. The van der Waals surface area contributed by atoms with Crippen LogP contribution in [0.2, 0.25) is 0 Å². The lowest BCUT2D eigenvalue weighted by Crippen LogP contribution is -1.99. The van der Waals surface area contributed by atoms with E-state index in [2.05, 4.69) is 9.97 Å². The maximum Gasteiger partial charge on any atom is 0.335 e. The Bertz CT molecular complexity index is 677. The predicted octanol–water partition coefficient (Wildman–Crippen LogP) is 2.15. The van der Waals surface area contributed by atoms with E-state index in [0.29, 0.717) is 5.75 Å². The molecule has 2 aromatic rings.